The Morgan fingerprint density at radius 2 is 0.880 bits per heavy atom. The van der Waals surface area contributed by atoms with Crippen LogP contribution in [0.5, 0.6) is 0 Å². The Labute approximate surface area is 151 Å². The van der Waals surface area contributed by atoms with Crippen molar-refractivity contribution in [3.05, 3.63) is 12.7 Å². The molecule has 0 N–H and O–H groups in total. The van der Waals surface area contributed by atoms with Crippen LogP contribution in [0.2, 0.25) is 0 Å². The van der Waals surface area contributed by atoms with Crippen molar-refractivity contribution in [2.75, 3.05) is 92.5 Å². The summed E-state index contributed by atoms with van der Waals surface area (Å²) in [6.07, 6.45) is 6.76. The smallest absolute Gasteiger partial charge is 0.107 e. The summed E-state index contributed by atoms with van der Waals surface area (Å²) in [4.78, 5) is 0. The molecule has 0 spiro atoms. The molecule has 0 heterocycles. The van der Waals surface area contributed by atoms with Crippen molar-refractivity contribution in [3.63, 3.8) is 0 Å². The van der Waals surface area contributed by atoms with E-state index in [9.17, 15) is 0 Å². The van der Waals surface area contributed by atoms with Gasteiger partial charge in [-0.05, 0) is 0 Å². The van der Waals surface area contributed by atoms with Crippen molar-refractivity contribution in [3.8, 4) is 12.3 Å². The van der Waals surface area contributed by atoms with Gasteiger partial charge in [0.1, 0.15) is 6.61 Å². The zero-order valence-electron chi connectivity index (χ0n) is 15.1. The second-order valence-corrected chi connectivity index (χ2v) is 4.68. The minimum absolute atomic E-state index is 0.318. The molecule has 0 unspecified atom stereocenters. The number of hydrogen-bond donors (Lipinski definition) is 0. The molecular weight excluding hydrogens is 328 g/mol. The van der Waals surface area contributed by atoms with E-state index in [1.54, 1.807) is 6.08 Å². The Morgan fingerprint density at radius 3 is 1.20 bits per heavy atom. The number of ether oxygens (including phenoxy) is 7. The van der Waals surface area contributed by atoms with Crippen LogP contribution in [0.3, 0.4) is 0 Å². The van der Waals surface area contributed by atoms with E-state index in [0.29, 0.717) is 92.5 Å². The highest BCUT2D eigenvalue weighted by molar-refractivity contribution is 4.82. The summed E-state index contributed by atoms with van der Waals surface area (Å²) in [5.41, 5.74) is 0. The summed E-state index contributed by atoms with van der Waals surface area (Å²) in [5.74, 6) is 2.39. The zero-order chi connectivity index (χ0) is 18.3. The summed E-state index contributed by atoms with van der Waals surface area (Å²) in [7, 11) is 0. The van der Waals surface area contributed by atoms with Crippen molar-refractivity contribution in [2.24, 2.45) is 0 Å². The number of hydrogen-bond acceptors (Lipinski definition) is 7. The summed E-state index contributed by atoms with van der Waals surface area (Å²) < 4.78 is 37.0. The summed E-state index contributed by atoms with van der Waals surface area (Å²) in [6, 6.07) is 0. The highest BCUT2D eigenvalue weighted by Crippen LogP contribution is 1.85. The SMILES string of the molecule is C#CCOCCOCCOCCOCCOCCOCCOCC=C. The number of rotatable bonds is 21. The first kappa shape index (κ1) is 24.0. The maximum Gasteiger partial charge on any atom is 0.107 e. The van der Waals surface area contributed by atoms with E-state index in [4.69, 9.17) is 39.6 Å². The Morgan fingerprint density at radius 1 is 0.560 bits per heavy atom. The van der Waals surface area contributed by atoms with E-state index in [-0.39, 0.29) is 0 Å². The van der Waals surface area contributed by atoms with E-state index in [0.717, 1.165) is 0 Å². The van der Waals surface area contributed by atoms with Gasteiger partial charge >= 0.3 is 0 Å². The van der Waals surface area contributed by atoms with Gasteiger partial charge in [-0.1, -0.05) is 12.0 Å². The molecule has 0 bridgehead atoms. The van der Waals surface area contributed by atoms with Gasteiger partial charge < -0.3 is 33.2 Å². The van der Waals surface area contributed by atoms with E-state index < -0.39 is 0 Å². The Kier molecular flexibility index (Phi) is 22.1. The topological polar surface area (TPSA) is 64.6 Å². The lowest BCUT2D eigenvalue weighted by molar-refractivity contribution is -0.0188. The molecule has 7 heteroatoms. The van der Waals surface area contributed by atoms with Crippen LogP contribution in [0.15, 0.2) is 12.7 Å². The molecule has 0 atom stereocenters. The first-order chi connectivity index (χ1) is 12.4. The highest BCUT2D eigenvalue weighted by atomic mass is 16.6. The van der Waals surface area contributed by atoms with Gasteiger partial charge in [-0.3, -0.25) is 0 Å². The molecule has 0 aliphatic heterocycles. The molecule has 0 amide bonds. The zero-order valence-corrected chi connectivity index (χ0v) is 15.1. The van der Waals surface area contributed by atoms with Crippen LogP contribution in [-0.2, 0) is 33.2 Å². The maximum atomic E-state index is 5.38. The van der Waals surface area contributed by atoms with Crippen molar-refractivity contribution in [1.29, 1.82) is 0 Å². The lowest BCUT2D eigenvalue weighted by Crippen LogP contribution is -2.14. The highest BCUT2D eigenvalue weighted by Gasteiger charge is 1.94. The van der Waals surface area contributed by atoms with Crippen LogP contribution in [0.4, 0.5) is 0 Å². The fourth-order valence-corrected chi connectivity index (χ4v) is 1.52. The van der Waals surface area contributed by atoms with E-state index in [1.807, 2.05) is 0 Å². The molecule has 0 radical (unpaired) electrons. The molecule has 0 aliphatic rings. The van der Waals surface area contributed by atoms with Crippen LogP contribution in [-0.4, -0.2) is 92.5 Å². The van der Waals surface area contributed by atoms with E-state index in [1.165, 1.54) is 0 Å². The molecule has 0 aromatic heterocycles. The van der Waals surface area contributed by atoms with Gasteiger partial charge in [0.15, 0.2) is 0 Å². The van der Waals surface area contributed by atoms with Crippen LogP contribution in [0, 0.1) is 12.3 Å². The number of terminal acetylenes is 1. The summed E-state index contributed by atoms with van der Waals surface area (Å²) in [5, 5.41) is 0. The first-order valence-corrected chi connectivity index (χ1v) is 8.50. The second-order valence-electron chi connectivity index (χ2n) is 4.68. The fourth-order valence-electron chi connectivity index (χ4n) is 1.52. The quantitative estimate of drug-likeness (QED) is 0.171. The Balaban J connectivity index is 2.96. The third kappa shape index (κ3) is 23.0. The van der Waals surface area contributed by atoms with Crippen molar-refractivity contribution in [1.82, 2.24) is 0 Å². The lowest BCUT2D eigenvalue weighted by Gasteiger charge is -2.08. The molecule has 7 nitrogen and oxygen atoms in total. The molecule has 0 aromatic rings. The van der Waals surface area contributed by atoms with Gasteiger partial charge in [-0.15, -0.1) is 13.0 Å². The van der Waals surface area contributed by atoms with Crippen LogP contribution < -0.4 is 0 Å². The fraction of sp³-hybridized carbons (Fsp3) is 0.778. The molecule has 0 saturated heterocycles. The van der Waals surface area contributed by atoms with Gasteiger partial charge in [0.05, 0.1) is 85.9 Å². The molecule has 0 aromatic carbocycles. The molecule has 25 heavy (non-hydrogen) atoms. The third-order valence-corrected chi connectivity index (χ3v) is 2.65. The van der Waals surface area contributed by atoms with Crippen molar-refractivity contribution >= 4 is 0 Å². The normalized spacial score (nSPS) is 10.7. The van der Waals surface area contributed by atoms with Gasteiger partial charge in [0, 0.05) is 0 Å². The van der Waals surface area contributed by atoms with E-state index in [2.05, 4.69) is 12.5 Å². The maximum absolute atomic E-state index is 5.38. The molecular formula is C18H32O7. The molecule has 146 valence electrons. The second kappa shape index (κ2) is 23.0. The third-order valence-electron chi connectivity index (χ3n) is 2.65. The van der Waals surface area contributed by atoms with E-state index >= 15 is 0 Å². The molecule has 0 rings (SSSR count). The van der Waals surface area contributed by atoms with Gasteiger partial charge in [0.25, 0.3) is 0 Å². The molecule has 0 aliphatic carbocycles. The Hall–Kier alpha value is -0.980. The predicted molar refractivity (Wildman–Crippen MR) is 94.8 cm³/mol. The standard InChI is InChI=1S/C18H32O7/c1-3-5-19-7-9-21-11-13-23-15-17-25-18-16-24-14-12-22-10-8-20-6-4-2/h1,4H,2,5-18H2. The minimum atomic E-state index is 0.318. The monoisotopic (exact) mass is 360 g/mol. The summed E-state index contributed by atoms with van der Waals surface area (Å²) in [6.45, 7) is 10.9. The summed E-state index contributed by atoms with van der Waals surface area (Å²) >= 11 is 0. The van der Waals surface area contributed by atoms with Crippen LogP contribution in [0.25, 0.3) is 0 Å². The Bertz CT molecular complexity index is 304. The lowest BCUT2D eigenvalue weighted by atomic mass is 10.6. The molecule has 0 fully saturated rings. The molecule has 0 saturated carbocycles. The average Bonchev–Trinajstić information content (AvgIpc) is 2.63. The van der Waals surface area contributed by atoms with Crippen LogP contribution >= 0.6 is 0 Å². The first-order valence-electron chi connectivity index (χ1n) is 8.50. The largest absolute Gasteiger partial charge is 0.377 e. The van der Waals surface area contributed by atoms with Gasteiger partial charge in [0.2, 0.25) is 0 Å². The van der Waals surface area contributed by atoms with Crippen molar-refractivity contribution < 1.29 is 33.2 Å². The average molecular weight is 360 g/mol. The predicted octanol–water partition coefficient (Wildman–Crippen LogP) is 0.922. The van der Waals surface area contributed by atoms with Gasteiger partial charge in [-0.2, -0.15) is 0 Å². The van der Waals surface area contributed by atoms with Crippen LogP contribution in [0.1, 0.15) is 0 Å². The van der Waals surface area contributed by atoms with Gasteiger partial charge in [-0.25, -0.2) is 0 Å². The minimum Gasteiger partial charge on any atom is -0.377 e. The van der Waals surface area contributed by atoms with Crippen molar-refractivity contribution in [2.45, 2.75) is 0 Å².